The van der Waals surface area contributed by atoms with Crippen LogP contribution in [0.1, 0.15) is 39.8 Å². The Bertz CT molecular complexity index is 2500. The normalized spacial score (nSPS) is 11.4. The number of H-pyrrole nitrogens is 1. The van der Waals surface area contributed by atoms with Gasteiger partial charge in [0.05, 0.1) is 34.1 Å². The molecule has 3 aromatic heterocycles. The molecule has 0 atom stereocenters. The van der Waals surface area contributed by atoms with E-state index in [4.69, 9.17) is 14.2 Å². The van der Waals surface area contributed by atoms with Crippen LogP contribution in [0.5, 0.6) is 11.5 Å². The van der Waals surface area contributed by atoms with Crippen LogP contribution in [0.15, 0.2) is 145 Å². The van der Waals surface area contributed by atoms with Crippen LogP contribution < -0.4 is 14.2 Å². The zero-order valence-corrected chi connectivity index (χ0v) is 32.5. The molecule has 0 saturated carbocycles. The zero-order chi connectivity index (χ0) is 39.6. The van der Waals surface area contributed by atoms with Crippen molar-refractivity contribution in [2.75, 3.05) is 24.5 Å². The third-order valence-corrected chi connectivity index (χ3v) is 10.6. The summed E-state index contributed by atoms with van der Waals surface area (Å²) < 4.78 is 47.5. The van der Waals surface area contributed by atoms with Gasteiger partial charge in [0.1, 0.15) is 24.7 Å². The predicted octanol–water partition coefficient (Wildman–Crippen LogP) is 8.57. The predicted molar refractivity (Wildman–Crippen MR) is 221 cm³/mol. The summed E-state index contributed by atoms with van der Waals surface area (Å²) in [6.07, 6.45) is 3.59. The number of carbonyl (C=O) groups is 1. The monoisotopic (exact) mass is 781 g/mol. The fourth-order valence-electron chi connectivity index (χ4n) is 6.37. The van der Waals surface area contributed by atoms with E-state index in [1.807, 2.05) is 85.8 Å². The molecule has 0 spiro atoms. The quantitative estimate of drug-likeness (QED) is 0.0688. The maximum absolute atomic E-state index is 13.5. The molecule has 4 aromatic carbocycles. The van der Waals surface area contributed by atoms with E-state index in [1.54, 1.807) is 67.8 Å². The van der Waals surface area contributed by atoms with Crippen molar-refractivity contribution in [1.82, 2.24) is 19.9 Å². The number of anilines is 1. The lowest BCUT2D eigenvalue weighted by atomic mass is 10.1. The fourth-order valence-corrected chi connectivity index (χ4v) is 7.44. The highest BCUT2D eigenvalue weighted by molar-refractivity contribution is 7.92. The van der Waals surface area contributed by atoms with Gasteiger partial charge in [-0.3, -0.25) is 19.6 Å². The molecular weight excluding hydrogens is 739 g/mol. The van der Waals surface area contributed by atoms with Gasteiger partial charge in [-0.05, 0) is 86.6 Å². The second-order valence-corrected chi connectivity index (χ2v) is 15.1. The van der Waals surface area contributed by atoms with Crippen molar-refractivity contribution >= 4 is 32.6 Å². The summed E-state index contributed by atoms with van der Waals surface area (Å²) in [4.78, 5) is 27.2. The van der Waals surface area contributed by atoms with Crippen LogP contribution in [0.3, 0.4) is 0 Å². The lowest BCUT2D eigenvalue weighted by molar-refractivity contribution is 0.0526. The molecule has 57 heavy (non-hydrogen) atoms. The summed E-state index contributed by atoms with van der Waals surface area (Å²) in [5.74, 6) is 0.637. The average molecular weight is 782 g/mol. The summed E-state index contributed by atoms with van der Waals surface area (Å²) in [6, 6.07) is 38.9. The number of para-hydroxylation sites is 1. The van der Waals surface area contributed by atoms with E-state index in [1.165, 1.54) is 0 Å². The van der Waals surface area contributed by atoms with Gasteiger partial charge in [-0.2, -0.15) is 0 Å². The summed E-state index contributed by atoms with van der Waals surface area (Å²) in [5, 5.41) is 0.898. The third kappa shape index (κ3) is 10.0. The summed E-state index contributed by atoms with van der Waals surface area (Å²) in [7, 11) is -3.93. The van der Waals surface area contributed by atoms with Crippen molar-refractivity contribution < 1.29 is 27.4 Å². The Morgan fingerprint density at radius 2 is 1.42 bits per heavy atom. The van der Waals surface area contributed by atoms with Gasteiger partial charge in [-0.15, -0.1) is 0 Å². The molecule has 2 N–H and O–H groups in total. The molecule has 0 amide bonds. The molecule has 7 rings (SSSR count). The number of carbonyl (C=O) groups excluding carboxylic acids is 1. The number of fused-ring (bicyclic) bond motifs is 1. The first-order chi connectivity index (χ1) is 27.7. The molecule has 7 aromatic rings. The summed E-state index contributed by atoms with van der Waals surface area (Å²) >= 11 is 0. The van der Waals surface area contributed by atoms with E-state index in [2.05, 4.69) is 24.6 Å². The molecule has 11 nitrogen and oxygen atoms in total. The third-order valence-electron chi connectivity index (χ3n) is 9.19. The van der Waals surface area contributed by atoms with Gasteiger partial charge in [0.25, 0.3) is 10.0 Å². The molecular formula is C45H43N5O6S. The Morgan fingerprint density at radius 1 is 0.737 bits per heavy atom. The number of esters is 1. The fraction of sp³-hybridized carbons (Fsp3) is 0.178. The molecule has 0 fully saturated rings. The number of nitrogens with one attached hydrogen (secondary N) is 2. The number of rotatable bonds is 17. The second kappa shape index (κ2) is 18.0. The number of benzene rings is 4. The van der Waals surface area contributed by atoms with Crippen LogP contribution in [0.25, 0.3) is 22.2 Å². The molecule has 0 aliphatic heterocycles. The Balaban J connectivity index is 1.10. The van der Waals surface area contributed by atoms with E-state index in [9.17, 15) is 13.2 Å². The molecule has 0 unspecified atom stereocenters. The highest BCUT2D eigenvalue weighted by atomic mass is 32.2. The number of ether oxygens (including phenoxy) is 3. The first kappa shape index (κ1) is 38.8. The van der Waals surface area contributed by atoms with Crippen LogP contribution >= 0.6 is 0 Å². The van der Waals surface area contributed by atoms with E-state index in [0.717, 1.165) is 44.7 Å². The van der Waals surface area contributed by atoms with Crippen molar-refractivity contribution in [2.24, 2.45) is 0 Å². The van der Waals surface area contributed by atoms with Crippen LogP contribution in [0.2, 0.25) is 0 Å². The largest absolute Gasteiger partial charge is 0.490 e. The Labute approximate surface area is 332 Å². The van der Waals surface area contributed by atoms with Crippen molar-refractivity contribution in [3.05, 3.63) is 168 Å². The Morgan fingerprint density at radius 3 is 2.11 bits per heavy atom. The maximum Gasteiger partial charge on any atom is 0.338 e. The molecule has 12 heteroatoms. The van der Waals surface area contributed by atoms with Crippen LogP contribution in [0.4, 0.5) is 5.69 Å². The standard InChI is InChI=1S/C45H43N5O6S/c1-3-54-45(51)35-17-16-33-26-41(48-42(33)27-35)34-18-21-40(49-57(52,53)39-19-14-32(2)15-20-39)44(28-34)56-25-24-55-43-13-5-4-10-36(43)29-50(30-37-11-6-8-22-46-37)31-38-12-7-9-23-47-38/h4-23,26-28,48-49H,3,24-25,29-31H2,1-2H3. The summed E-state index contributed by atoms with van der Waals surface area (Å²) in [5.41, 5.74) is 6.83. The van der Waals surface area contributed by atoms with Crippen molar-refractivity contribution in [3.8, 4) is 22.8 Å². The van der Waals surface area contributed by atoms with Crippen molar-refractivity contribution in [1.29, 1.82) is 0 Å². The van der Waals surface area contributed by atoms with E-state index >= 15 is 0 Å². The second-order valence-electron chi connectivity index (χ2n) is 13.4. The van der Waals surface area contributed by atoms with Gasteiger partial charge in [0, 0.05) is 59.8 Å². The van der Waals surface area contributed by atoms with Gasteiger partial charge in [0.2, 0.25) is 0 Å². The van der Waals surface area contributed by atoms with Crippen LogP contribution in [-0.4, -0.2) is 54.1 Å². The van der Waals surface area contributed by atoms with Gasteiger partial charge in [-0.25, -0.2) is 13.2 Å². The smallest absolute Gasteiger partial charge is 0.338 e. The van der Waals surface area contributed by atoms with Crippen LogP contribution in [-0.2, 0) is 34.4 Å². The van der Waals surface area contributed by atoms with Gasteiger partial charge in [0.15, 0.2) is 0 Å². The van der Waals surface area contributed by atoms with E-state index in [0.29, 0.717) is 36.7 Å². The van der Waals surface area contributed by atoms with E-state index in [-0.39, 0.29) is 30.4 Å². The Hall–Kier alpha value is -6.50. The van der Waals surface area contributed by atoms with Gasteiger partial charge >= 0.3 is 5.97 Å². The molecule has 290 valence electrons. The van der Waals surface area contributed by atoms with Crippen molar-refractivity contribution in [3.63, 3.8) is 0 Å². The molecule has 0 saturated heterocycles. The number of hydrogen-bond acceptors (Lipinski definition) is 9. The number of aromatic nitrogens is 3. The molecule has 3 heterocycles. The number of nitrogens with zero attached hydrogens (tertiary/aromatic N) is 3. The van der Waals surface area contributed by atoms with Gasteiger partial charge < -0.3 is 19.2 Å². The average Bonchev–Trinajstić information content (AvgIpc) is 3.65. The highest BCUT2D eigenvalue weighted by Gasteiger charge is 2.19. The SMILES string of the molecule is CCOC(=O)c1ccc2cc(-c3ccc(NS(=O)(=O)c4ccc(C)cc4)c(OCCOc4ccccc4CN(Cc4ccccn4)Cc4ccccn4)c3)[nH]c2c1. The van der Waals surface area contributed by atoms with Crippen LogP contribution in [0, 0.1) is 6.92 Å². The molecule has 0 bridgehead atoms. The number of aromatic amines is 1. The lowest BCUT2D eigenvalue weighted by Gasteiger charge is -2.23. The van der Waals surface area contributed by atoms with Gasteiger partial charge in [-0.1, -0.05) is 60.2 Å². The molecule has 0 aliphatic rings. The first-order valence-electron chi connectivity index (χ1n) is 18.6. The highest BCUT2D eigenvalue weighted by Crippen LogP contribution is 2.34. The number of aryl methyl sites for hydroxylation is 1. The maximum atomic E-state index is 13.5. The van der Waals surface area contributed by atoms with E-state index < -0.39 is 16.0 Å². The number of hydrogen-bond donors (Lipinski definition) is 2. The zero-order valence-electron chi connectivity index (χ0n) is 31.7. The minimum absolute atomic E-state index is 0.123. The molecule has 0 aliphatic carbocycles. The lowest BCUT2D eigenvalue weighted by Crippen LogP contribution is -2.24. The number of sulfonamides is 1. The number of pyridine rings is 2. The first-order valence-corrected chi connectivity index (χ1v) is 20.1. The van der Waals surface area contributed by atoms with Crippen molar-refractivity contribution in [2.45, 2.75) is 38.4 Å². The minimum atomic E-state index is -3.93. The topological polar surface area (TPSA) is 136 Å². The molecule has 0 radical (unpaired) electrons. The summed E-state index contributed by atoms with van der Waals surface area (Å²) in [6.45, 7) is 6.09. The Kier molecular flexibility index (Phi) is 12.2. The minimum Gasteiger partial charge on any atom is -0.490 e.